The third kappa shape index (κ3) is 3.95. The molecule has 0 aliphatic rings. The van der Waals surface area contributed by atoms with E-state index in [-0.39, 0.29) is 29.1 Å². The standard InChI is InChI=1S/C9H16ClN2O6PS/c1-5-16-19(13,17-6-2)18-8-7(10)9(12(3)11-8)20(4,14)15/h5-6H2,1-4H3. The molecule has 11 heteroatoms. The normalized spacial score (nSPS) is 12.7. The van der Waals surface area contributed by atoms with E-state index < -0.39 is 17.7 Å². The number of aromatic nitrogens is 2. The molecule has 0 bridgehead atoms. The molecule has 20 heavy (non-hydrogen) atoms. The minimum Gasteiger partial charge on any atom is -0.382 e. The van der Waals surface area contributed by atoms with Gasteiger partial charge in [-0.15, -0.1) is 5.10 Å². The second-order valence-electron chi connectivity index (χ2n) is 3.69. The third-order valence-corrected chi connectivity index (χ3v) is 5.20. The number of hydrogen-bond acceptors (Lipinski definition) is 7. The van der Waals surface area contributed by atoms with E-state index in [0.717, 1.165) is 10.9 Å². The van der Waals surface area contributed by atoms with Crippen molar-refractivity contribution >= 4 is 29.3 Å². The summed E-state index contributed by atoms with van der Waals surface area (Å²) in [5.41, 5.74) is 0. The maximum absolute atomic E-state index is 12.2. The molecule has 0 N–H and O–H groups in total. The van der Waals surface area contributed by atoms with E-state index >= 15 is 0 Å². The van der Waals surface area contributed by atoms with Gasteiger partial charge in [-0.1, -0.05) is 11.6 Å². The zero-order valence-corrected chi connectivity index (χ0v) is 14.0. The molecule has 8 nitrogen and oxygen atoms in total. The zero-order valence-electron chi connectivity index (χ0n) is 11.5. The maximum atomic E-state index is 12.2. The molecule has 0 amide bonds. The van der Waals surface area contributed by atoms with E-state index in [1.165, 1.54) is 7.05 Å². The largest absolute Gasteiger partial charge is 0.531 e. The van der Waals surface area contributed by atoms with Gasteiger partial charge in [0.2, 0.25) is 0 Å². The summed E-state index contributed by atoms with van der Waals surface area (Å²) in [6.45, 7) is 3.38. The highest BCUT2D eigenvalue weighted by atomic mass is 35.5. The van der Waals surface area contributed by atoms with Gasteiger partial charge in [0.05, 0.1) is 13.2 Å². The number of sulfone groups is 1. The van der Waals surface area contributed by atoms with Crippen molar-refractivity contribution in [1.29, 1.82) is 0 Å². The van der Waals surface area contributed by atoms with Crippen molar-refractivity contribution in [3.05, 3.63) is 5.02 Å². The fourth-order valence-corrected chi connectivity index (χ4v) is 4.19. The number of phosphoric ester groups is 1. The Morgan fingerprint density at radius 2 is 1.80 bits per heavy atom. The number of hydrogen-bond donors (Lipinski definition) is 0. The summed E-state index contributed by atoms with van der Waals surface area (Å²) >= 11 is 5.90. The second-order valence-corrected chi connectivity index (χ2v) is 7.60. The Morgan fingerprint density at radius 1 is 1.30 bits per heavy atom. The van der Waals surface area contributed by atoms with Gasteiger partial charge in [0, 0.05) is 13.3 Å². The van der Waals surface area contributed by atoms with Crippen LogP contribution in [0, 0.1) is 0 Å². The molecule has 0 aromatic carbocycles. The second kappa shape index (κ2) is 6.44. The van der Waals surface area contributed by atoms with Gasteiger partial charge in [0.25, 0.3) is 5.88 Å². The van der Waals surface area contributed by atoms with Gasteiger partial charge in [0.15, 0.2) is 14.9 Å². The topological polar surface area (TPSA) is 96.7 Å². The van der Waals surface area contributed by atoms with Crippen LogP contribution in [0.3, 0.4) is 0 Å². The van der Waals surface area contributed by atoms with Crippen molar-refractivity contribution < 1.29 is 26.6 Å². The minimum atomic E-state index is -3.88. The molecule has 1 heterocycles. The fraction of sp³-hybridized carbons (Fsp3) is 0.667. The van der Waals surface area contributed by atoms with Crippen molar-refractivity contribution in [2.24, 2.45) is 7.05 Å². The van der Waals surface area contributed by atoms with Crippen LogP contribution in [-0.2, 0) is 30.5 Å². The number of nitrogens with zero attached hydrogens (tertiary/aromatic N) is 2. The van der Waals surface area contributed by atoms with Crippen molar-refractivity contribution in [2.75, 3.05) is 19.5 Å². The van der Waals surface area contributed by atoms with Gasteiger partial charge < -0.3 is 4.52 Å². The van der Waals surface area contributed by atoms with Crippen LogP contribution in [0.2, 0.25) is 5.02 Å². The lowest BCUT2D eigenvalue weighted by atomic mass is 10.7. The Hall–Kier alpha value is -0.600. The van der Waals surface area contributed by atoms with Gasteiger partial charge in [-0.25, -0.2) is 13.0 Å². The average Bonchev–Trinajstić information content (AvgIpc) is 2.53. The summed E-state index contributed by atoms with van der Waals surface area (Å²) in [5.74, 6) is -0.320. The van der Waals surface area contributed by atoms with E-state index in [9.17, 15) is 13.0 Å². The lowest BCUT2D eigenvalue weighted by molar-refractivity contribution is 0.165. The van der Waals surface area contributed by atoms with Crippen molar-refractivity contribution in [2.45, 2.75) is 18.9 Å². The Kier molecular flexibility index (Phi) is 5.62. The lowest BCUT2D eigenvalue weighted by Crippen LogP contribution is -2.05. The van der Waals surface area contributed by atoms with Crippen LogP contribution in [0.1, 0.15) is 13.8 Å². The number of rotatable bonds is 7. The summed E-state index contributed by atoms with van der Waals surface area (Å²) in [4.78, 5) is 0. The number of halogens is 1. The van der Waals surface area contributed by atoms with Gasteiger partial charge in [-0.2, -0.15) is 0 Å². The number of aryl methyl sites for hydroxylation is 1. The molecule has 0 spiro atoms. The summed E-state index contributed by atoms with van der Waals surface area (Å²) in [7, 11) is -6.11. The Labute approximate surface area is 122 Å². The molecule has 1 rings (SSSR count). The van der Waals surface area contributed by atoms with Crippen LogP contribution in [0.5, 0.6) is 5.88 Å². The average molecular weight is 347 g/mol. The summed E-state index contributed by atoms with van der Waals surface area (Å²) in [5, 5.41) is 3.27. The molecule has 0 atom stereocenters. The molecule has 0 aliphatic carbocycles. The van der Waals surface area contributed by atoms with Crippen molar-refractivity contribution in [3.8, 4) is 5.88 Å². The SMILES string of the molecule is CCOP(=O)(OCC)Oc1nn(C)c(S(C)(=O)=O)c1Cl. The first-order valence-corrected chi connectivity index (χ1v) is 9.39. The smallest absolute Gasteiger partial charge is 0.382 e. The van der Waals surface area contributed by atoms with Crippen LogP contribution >= 0.6 is 19.4 Å². The van der Waals surface area contributed by atoms with E-state index in [4.69, 9.17) is 25.2 Å². The molecule has 0 fully saturated rings. The molecule has 1 aromatic rings. The molecular weight excluding hydrogens is 331 g/mol. The predicted octanol–water partition coefficient (Wildman–Crippen LogP) is 2.04. The van der Waals surface area contributed by atoms with Gasteiger partial charge in [-0.05, 0) is 13.8 Å². The Morgan fingerprint density at radius 3 is 2.15 bits per heavy atom. The Balaban J connectivity index is 3.20. The van der Waals surface area contributed by atoms with Crippen LogP contribution in [0.25, 0.3) is 0 Å². The fourth-order valence-electron chi connectivity index (χ4n) is 1.43. The Bertz CT molecular complexity index is 619. The zero-order chi connectivity index (χ0) is 15.6. The molecule has 0 saturated carbocycles. The van der Waals surface area contributed by atoms with E-state index in [0.29, 0.717) is 0 Å². The minimum absolute atomic E-state index is 0.0840. The number of phosphoric acid groups is 1. The lowest BCUT2D eigenvalue weighted by Gasteiger charge is -2.15. The summed E-state index contributed by atoms with van der Waals surface area (Å²) in [6, 6.07) is 0. The molecule has 116 valence electrons. The van der Waals surface area contributed by atoms with Crippen molar-refractivity contribution in [3.63, 3.8) is 0 Å². The van der Waals surface area contributed by atoms with E-state index in [1.807, 2.05) is 0 Å². The quantitative estimate of drug-likeness (QED) is 0.697. The summed E-state index contributed by atoms with van der Waals surface area (Å²) in [6.07, 6.45) is 0.977. The first kappa shape index (κ1) is 17.5. The van der Waals surface area contributed by atoms with Crippen LogP contribution < -0.4 is 4.52 Å². The molecule has 0 unspecified atom stereocenters. The first-order chi connectivity index (χ1) is 9.14. The van der Waals surface area contributed by atoms with Crippen molar-refractivity contribution in [1.82, 2.24) is 9.78 Å². The van der Waals surface area contributed by atoms with Crippen LogP contribution in [-0.4, -0.2) is 37.7 Å². The predicted molar refractivity (Wildman–Crippen MR) is 72.8 cm³/mol. The molecular formula is C9H16ClN2O6PS. The van der Waals surface area contributed by atoms with Crippen LogP contribution in [0.4, 0.5) is 0 Å². The summed E-state index contributed by atoms with van der Waals surface area (Å²) < 4.78 is 51.2. The highest BCUT2D eigenvalue weighted by molar-refractivity contribution is 7.90. The first-order valence-electron chi connectivity index (χ1n) is 5.66. The maximum Gasteiger partial charge on any atom is 0.531 e. The molecule has 1 aromatic heterocycles. The third-order valence-electron chi connectivity index (χ3n) is 2.03. The van der Waals surface area contributed by atoms with E-state index in [1.54, 1.807) is 13.8 Å². The van der Waals surface area contributed by atoms with Crippen LogP contribution in [0.15, 0.2) is 5.03 Å². The van der Waals surface area contributed by atoms with E-state index in [2.05, 4.69) is 5.10 Å². The van der Waals surface area contributed by atoms with Gasteiger partial charge in [-0.3, -0.25) is 13.7 Å². The van der Waals surface area contributed by atoms with Gasteiger partial charge >= 0.3 is 7.82 Å². The monoisotopic (exact) mass is 346 g/mol. The molecule has 0 aliphatic heterocycles. The van der Waals surface area contributed by atoms with Gasteiger partial charge in [0.1, 0.15) is 5.02 Å². The highest BCUT2D eigenvalue weighted by Crippen LogP contribution is 2.50. The highest BCUT2D eigenvalue weighted by Gasteiger charge is 2.32. The molecule has 0 saturated heterocycles. The molecule has 0 radical (unpaired) electrons.